The number of carbonyl (C=O) groups excluding carboxylic acids is 2. The highest BCUT2D eigenvalue weighted by Crippen LogP contribution is 2.44. The van der Waals surface area contributed by atoms with Gasteiger partial charge in [-0.25, -0.2) is 18.2 Å². The van der Waals surface area contributed by atoms with Crippen LogP contribution in [0.25, 0.3) is 0 Å². The van der Waals surface area contributed by atoms with Gasteiger partial charge in [0.05, 0.1) is 10.5 Å². The molecule has 3 aliphatic rings. The molecule has 0 spiro atoms. The van der Waals surface area contributed by atoms with Gasteiger partial charge in [0.25, 0.3) is 5.91 Å². The Morgan fingerprint density at radius 2 is 1.59 bits per heavy atom. The number of nitrogens with one attached hydrogen (secondary N) is 2. The number of fused-ring (bicyclic) bond motifs is 3. The van der Waals surface area contributed by atoms with Crippen LogP contribution in [0.15, 0.2) is 65.6 Å². The monoisotopic (exact) mass is 698 g/mol. The average Bonchev–Trinajstić information content (AvgIpc) is 3.00. The number of hydrogen-bond acceptors (Lipinski definition) is 6. The maximum absolute atomic E-state index is 13.8. The van der Waals surface area contributed by atoms with Crippen LogP contribution in [0.3, 0.4) is 0 Å². The minimum Gasteiger partial charge on any atom is -0.480 e. The fourth-order valence-corrected chi connectivity index (χ4v) is 8.61. The number of benzene rings is 2. The minimum atomic E-state index is -4.95. The predicted octanol–water partition coefficient (Wildman–Crippen LogP) is 5.40. The first-order valence-corrected chi connectivity index (χ1v) is 16.3. The lowest BCUT2D eigenvalue weighted by Gasteiger charge is -2.49. The maximum atomic E-state index is 13.8. The number of hydrogen-bond donors (Lipinski definition) is 3. The Morgan fingerprint density at radius 3 is 2.17 bits per heavy atom. The van der Waals surface area contributed by atoms with Gasteiger partial charge in [-0.15, -0.1) is 0 Å². The number of aromatic nitrogens is 1. The van der Waals surface area contributed by atoms with Crippen LogP contribution in [0.2, 0.25) is 10.3 Å². The van der Waals surface area contributed by atoms with Crippen LogP contribution in [0.1, 0.15) is 47.2 Å². The number of carboxylic acid groups (broad SMARTS) is 1. The van der Waals surface area contributed by atoms with Gasteiger partial charge in [0.15, 0.2) is 0 Å². The summed E-state index contributed by atoms with van der Waals surface area (Å²) in [4.78, 5) is 41.2. The van der Waals surface area contributed by atoms with E-state index in [9.17, 15) is 41.1 Å². The summed E-state index contributed by atoms with van der Waals surface area (Å²) in [6, 6.07) is 9.00. The quantitative estimate of drug-likeness (QED) is 0.254. The Morgan fingerprint density at radius 1 is 0.978 bits per heavy atom. The van der Waals surface area contributed by atoms with E-state index < -0.39 is 68.5 Å². The summed E-state index contributed by atoms with van der Waals surface area (Å²) in [6.45, 7) is 0. The number of nitrogens with zero attached hydrogens (tertiary/aromatic N) is 2. The van der Waals surface area contributed by atoms with Gasteiger partial charge < -0.3 is 15.7 Å². The van der Waals surface area contributed by atoms with Gasteiger partial charge in [-0.05, 0) is 73.6 Å². The number of anilines is 1. The van der Waals surface area contributed by atoms with Crippen LogP contribution in [-0.2, 0) is 32.2 Å². The fourth-order valence-electron chi connectivity index (χ4n) is 6.04. The molecule has 3 aromatic rings. The number of carbonyl (C=O) groups is 3. The van der Waals surface area contributed by atoms with Crippen LogP contribution >= 0.6 is 23.2 Å². The smallest absolute Gasteiger partial charge is 0.417 e. The number of piperidine rings is 2. The van der Waals surface area contributed by atoms with Crippen LogP contribution in [0.4, 0.5) is 18.9 Å². The van der Waals surface area contributed by atoms with Crippen molar-refractivity contribution in [2.75, 3.05) is 5.32 Å². The molecular weight excluding hydrogens is 672 g/mol. The second kappa shape index (κ2) is 13.2. The third kappa shape index (κ3) is 7.14. The van der Waals surface area contributed by atoms with Gasteiger partial charge in [0, 0.05) is 23.7 Å². The highest BCUT2D eigenvalue weighted by Gasteiger charge is 2.52. The fraction of sp³-hybridized carbons (Fsp3) is 0.333. The van der Waals surface area contributed by atoms with Crippen LogP contribution in [-0.4, -0.2) is 58.7 Å². The molecule has 6 rings (SSSR count). The van der Waals surface area contributed by atoms with Crippen LogP contribution < -0.4 is 10.6 Å². The van der Waals surface area contributed by atoms with Crippen molar-refractivity contribution < 1.29 is 41.1 Å². The van der Waals surface area contributed by atoms with E-state index in [0.717, 1.165) is 16.4 Å². The molecular formula is C30H27Cl2F3N4O6S. The Bertz CT molecular complexity index is 1750. The molecule has 1 aliphatic carbocycles. The van der Waals surface area contributed by atoms with E-state index in [2.05, 4.69) is 15.6 Å². The molecule has 2 aromatic carbocycles. The number of halogens is 5. The Labute approximate surface area is 272 Å². The Hall–Kier alpha value is -3.72. The predicted molar refractivity (Wildman–Crippen MR) is 162 cm³/mol. The first-order valence-electron chi connectivity index (χ1n) is 14.1. The van der Waals surface area contributed by atoms with Crippen molar-refractivity contribution in [1.82, 2.24) is 14.6 Å². The van der Waals surface area contributed by atoms with Crippen molar-refractivity contribution in [3.63, 3.8) is 0 Å². The lowest BCUT2D eigenvalue weighted by atomic mass is 9.76. The summed E-state index contributed by atoms with van der Waals surface area (Å²) in [6.07, 6.45) is -3.47. The van der Waals surface area contributed by atoms with Gasteiger partial charge in [0.1, 0.15) is 22.4 Å². The number of sulfonamides is 1. The van der Waals surface area contributed by atoms with E-state index in [1.54, 1.807) is 0 Å². The standard InChI is InChI=1S/C30H27Cl2F3N4O6S/c31-24-14-18(15-25(32)38-24)27(40)36-19-9-5-16(6-10-19)13-22(29(42)43)37-28(41)26-17-7-11-20(12-8-17)39(26)46(44,45)23-4-2-1-3-21(23)30(33,34)35/h1-6,9-10,14-15,17,20,22,26H,7-8,11-13H2,(H,36,40)(H,37,41)(H,42,43)/t17?,20?,22-,26-/m0/s1. The van der Waals surface area contributed by atoms with Crippen molar-refractivity contribution in [1.29, 1.82) is 0 Å². The minimum absolute atomic E-state index is 0.0302. The zero-order valence-electron chi connectivity index (χ0n) is 23.8. The molecule has 3 fully saturated rings. The van der Waals surface area contributed by atoms with E-state index in [1.807, 2.05) is 0 Å². The molecule has 2 atom stereocenters. The first-order chi connectivity index (χ1) is 21.6. The van der Waals surface area contributed by atoms with Gasteiger partial charge in [0.2, 0.25) is 15.9 Å². The topological polar surface area (TPSA) is 146 Å². The number of aliphatic carboxylic acids is 1. The maximum Gasteiger partial charge on any atom is 0.417 e. The van der Waals surface area contributed by atoms with Gasteiger partial charge in [-0.2, -0.15) is 17.5 Å². The van der Waals surface area contributed by atoms with Crippen molar-refractivity contribution in [2.45, 2.75) is 61.3 Å². The van der Waals surface area contributed by atoms with E-state index in [4.69, 9.17) is 23.2 Å². The summed E-state index contributed by atoms with van der Waals surface area (Å²) in [5.74, 6) is -3.31. The summed E-state index contributed by atoms with van der Waals surface area (Å²) in [5.41, 5.74) is -0.342. The number of rotatable bonds is 9. The number of amides is 2. The van der Waals surface area contributed by atoms with Crippen molar-refractivity contribution in [3.05, 3.63) is 87.7 Å². The molecule has 244 valence electrons. The average molecular weight is 700 g/mol. The molecule has 10 nitrogen and oxygen atoms in total. The van der Waals surface area contributed by atoms with E-state index in [1.165, 1.54) is 42.5 Å². The molecule has 16 heteroatoms. The zero-order valence-corrected chi connectivity index (χ0v) is 26.1. The van der Waals surface area contributed by atoms with Gasteiger partial charge >= 0.3 is 12.1 Å². The molecule has 3 N–H and O–H groups in total. The molecule has 2 bridgehead atoms. The zero-order chi connectivity index (χ0) is 33.4. The van der Waals surface area contributed by atoms with Crippen molar-refractivity contribution in [2.24, 2.45) is 5.92 Å². The summed E-state index contributed by atoms with van der Waals surface area (Å²) >= 11 is 11.7. The molecule has 2 saturated heterocycles. The lowest BCUT2D eigenvalue weighted by molar-refractivity contribution is -0.144. The molecule has 1 aromatic heterocycles. The van der Waals surface area contributed by atoms with E-state index >= 15 is 0 Å². The van der Waals surface area contributed by atoms with Crippen LogP contribution in [0, 0.1) is 5.92 Å². The molecule has 0 radical (unpaired) electrons. The normalized spacial score (nSPS) is 20.6. The third-order valence-electron chi connectivity index (χ3n) is 8.13. The van der Waals surface area contributed by atoms with Gasteiger partial charge in [-0.3, -0.25) is 9.59 Å². The number of carboxylic acids is 1. The van der Waals surface area contributed by atoms with E-state index in [0.29, 0.717) is 43.0 Å². The summed E-state index contributed by atoms with van der Waals surface area (Å²) in [5, 5.41) is 15.1. The van der Waals surface area contributed by atoms with Crippen molar-refractivity contribution >= 4 is 56.7 Å². The van der Waals surface area contributed by atoms with E-state index in [-0.39, 0.29) is 22.3 Å². The van der Waals surface area contributed by atoms with Gasteiger partial charge in [-0.1, -0.05) is 47.5 Å². The summed E-state index contributed by atoms with van der Waals surface area (Å²) in [7, 11) is -4.80. The second-order valence-corrected chi connectivity index (χ2v) is 13.7. The Kier molecular flexibility index (Phi) is 9.64. The first kappa shape index (κ1) is 33.6. The number of alkyl halides is 3. The SMILES string of the molecule is O=C(Nc1ccc(C[C@H](NC(=O)[C@@H]2C3CCC(CC3)N2S(=O)(=O)c2ccccc2C(F)(F)F)C(=O)O)cc1)c1cc(Cl)nc(Cl)c1. The lowest BCUT2D eigenvalue weighted by Crippen LogP contribution is -2.64. The highest BCUT2D eigenvalue weighted by molar-refractivity contribution is 7.89. The largest absolute Gasteiger partial charge is 0.480 e. The number of pyridine rings is 1. The third-order valence-corrected chi connectivity index (χ3v) is 10.5. The molecule has 1 saturated carbocycles. The second-order valence-electron chi connectivity index (χ2n) is 11.1. The molecule has 2 aliphatic heterocycles. The molecule has 3 heterocycles. The Balaban J connectivity index is 1.33. The molecule has 2 amide bonds. The molecule has 46 heavy (non-hydrogen) atoms. The van der Waals surface area contributed by atoms with Crippen molar-refractivity contribution in [3.8, 4) is 0 Å². The molecule has 0 unspecified atom stereocenters. The van der Waals surface area contributed by atoms with Crippen LogP contribution in [0.5, 0.6) is 0 Å². The summed E-state index contributed by atoms with van der Waals surface area (Å²) < 4.78 is 69.8. The highest BCUT2D eigenvalue weighted by atomic mass is 35.5.